The van der Waals surface area contributed by atoms with Crippen molar-refractivity contribution in [3.63, 3.8) is 0 Å². The molecular weight excluding hydrogens is 492 g/mol. The van der Waals surface area contributed by atoms with Crippen molar-refractivity contribution in [3.8, 4) is 5.75 Å². The largest absolute Gasteiger partial charge is 0.508 e. The Kier molecular flexibility index (Phi) is 21.1. The molecule has 1 aromatic carbocycles. The Bertz CT molecular complexity index is 748. The summed E-state index contributed by atoms with van der Waals surface area (Å²) in [5, 5.41) is 10.3. The predicted molar refractivity (Wildman–Crippen MR) is 173 cm³/mol. The smallest absolute Gasteiger partial charge is 0.306 e. The molecule has 0 heterocycles. The van der Waals surface area contributed by atoms with Crippen LogP contribution >= 0.6 is 0 Å². The van der Waals surface area contributed by atoms with E-state index in [4.69, 9.17) is 4.74 Å². The summed E-state index contributed by atoms with van der Waals surface area (Å²) in [6.07, 6.45) is 28.4. The van der Waals surface area contributed by atoms with Crippen molar-refractivity contribution in [2.24, 2.45) is 0 Å². The van der Waals surface area contributed by atoms with Crippen molar-refractivity contribution >= 4 is 5.97 Å². The minimum absolute atomic E-state index is 0.0658. The van der Waals surface area contributed by atoms with Gasteiger partial charge in [0.05, 0.1) is 0 Å². The SMILES string of the molecule is CCCCCCCCCCCCCC(CCCCCCCCCC)OC(=O)CCc1ccc(O)c(C(C)(C)C)c1. The molecule has 0 aliphatic rings. The fourth-order valence-corrected chi connectivity index (χ4v) is 5.63. The van der Waals surface area contributed by atoms with Gasteiger partial charge in [-0.15, -0.1) is 0 Å². The highest BCUT2D eigenvalue weighted by Crippen LogP contribution is 2.31. The first-order chi connectivity index (χ1) is 19.3. The maximum absolute atomic E-state index is 12.8. The van der Waals surface area contributed by atoms with Gasteiger partial charge in [0.15, 0.2) is 0 Å². The minimum Gasteiger partial charge on any atom is -0.508 e. The normalized spacial score (nSPS) is 12.5. The lowest BCUT2D eigenvalue weighted by Crippen LogP contribution is -2.19. The summed E-state index contributed by atoms with van der Waals surface area (Å²) in [6, 6.07) is 5.74. The van der Waals surface area contributed by atoms with Crippen LogP contribution in [0.15, 0.2) is 18.2 Å². The van der Waals surface area contributed by atoms with E-state index < -0.39 is 0 Å². The second kappa shape index (κ2) is 23.1. The predicted octanol–water partition coefficient (Wildman–Crippen LogP) is 11.8. The van der Waals surface area contributed by atoms with Gasteiger partial charge in [-0.25, -0.2) is 0 Å². The second-order valence-corrected chi connectivity index (χ2v) is 13.3. The number of unbranched alkanes of at least 4 members (excludes halogenated alkanes) is 17. The third-order valence-corrected chi connectivity index (χ3v) is 8.29. The number of esters is 1. The highest BCUT2D eigenvalue weighted by atomic mass is 16.5. The molecule has 0 radical (unpaired) electrons. The van der Waals surface area contributed by atoms with Crippen LogP contribution in [0.25, 0.3) is 0 Å². The highest BCUT2D eigenvalue weighted by molar-refractivity contribution is 5.70. The van der Waals surface area contributed by atoms with Gasteiger partial charge in [-0.3, -0.25) is 4.79 Å². The molecule has 0 aliphatic heterocycles. The molecule has 0 aromatic heterocycles. The van der Waals surface area contributed by atoms with E-state index in [1.54, 1.807) is 6.07 Å². The lowest BCUT2D eigenvalue weighted by Gasteiger charge is -2.21. The molecule has 0 amide bonds. The summed E-state index contributed by atoms with van der Waals surface area (Å²) in [5.74, 6) is 0.259. The van der Waals surface area contributed by atoms with Crippen LogP contribution in [0.1, 0.15) is 187 Å². The summed E-state index contributed by atoms with van der Waals surface area (Å²) < 4.78 is 6.06. The molecule has 1 rings (SSSR count). The van der Waals surface area contributed by atoms with Crippen molar-refractivity contribution in [1.29, 1.82) is 0 Å². The average molecular weight is 559 g/mol. The third kappa shape index (κ3) is 18.8. The lowest BCUT2D eigenvalue weighted by molar-refractivity contribution is -0.149. The zero-order chi connectivity index (χ0) is 29.5. The first-order valence-corrected chi connectivity index (χ1v) is 17.3. The Hall–Kier alpha value is -1.51. The number of ether oxygens (including phenoxy) is 1. The maximum Gasteiger partial charge on any atom is 0.306 e. The first kappa shape index (κ1) is 36.5. The van der Waals surface area contributed by atoms with E-state index in [-0.39, 0.29) is 17.5 Å². The number of carbonyl (C=O) groups is 1. The van der Waals surface area contributed by atoms with E-state index in [0.29, 0.717) is 18.6 Å². The molecular formula is C37H66O3. The molecule has 0 saturated heterocycles. The molecule has 1 atom stereocenters. The van der Waals surface area contributed by atoms with E-state index in [0.717, 1.165) is 30.4 Å². The van der Waals surface area contributed by atoms with Crippen molar-refractivity contribution in [1.82, 2.24) is 0 Å². The number of hydrogen-bond donors (Lipinski definition) is 1. The summed E-state index contributed by atoms with van der Waals surface area (Å²) in [4.78, 5) is 12.8. The molecule has 0 fully saturated rings. The molecule has 0 aliphatic carbocycles. The summed E-state index contributed by atoms with van der Waals surface area (Å²) >= 11 is 0. The number of phenolic OH excluding ortho intramolecular Hbond substituents is 1. The summed E-state index contributed by atoms with van der Waals surface area (Å²) in [6.45, 7) is 10.9. The maximum atomic E-state index is 12.8. The molecule has 3 nitrogen and oxygen atoms in total. The number of aryl methyl sites for hydroxylation is 1. The van der Waals surface area contributed by atoms with E-state index in [2.05, 4.69) is 34.6 Å². The van der Waals surface area contributed by atoms with Gasteiger partial charge in [0, 0.05) is 6.42 Å². The number of rotatable bonds is 25. The van der Waals surface area contributed by atoms with Gasteiger partial charge in [0.2, 0.25) is 0 Å². The second-order valence-electron chi connectivity index (χ2n) is 13.3. The molecule has 232 valence electrons. The number of phenols is 1. The van der Waals surface area contributed by atoms with Crippen LogP contribution in [0.5, 0.6) is 5.75 Å². The summed E-state index contributed by atoms with van der Waals surface area (Å²) in [5.41, 5.74) is 1.89. The molecule has 40 heavy (non-hydrogen) atoms. The van der Waals surface area contributed by atoms with Gasteiger partial charge >= 0.3 is 5.97 Å². The fraction of sp³-hybridized carbons (Fsp3) is 0.811. The minimum atomic E-state index is -0.129. The topological polar surface area (TPSA) is 46.5 Å². The highest BCUT2D eigenvalue weighted by Gasteiger charge is 2.19. The zero-order valence-electron chi connectivity index (χ0n) is 27.3. The van der Waals surface area contributed by atoms with Gasteiger partial charge < -0.3 is 9.84 Å². The van der Waals surface area contributed by atoms with Gasteiger partial charge in [-0.05, 0) is 54.7 Å². The Morgan fingerprint density at radius 3 is 1.55 bits per heavy atom. The Labute approximate surface area is 249 Å². The molecule has 0 saturated carbocycles. The first-order valence-electron chi connectivity index (χ1n) is 17.3. The van der Waals surface area contributed by atoms with E-state index in [9.17, 15) is 9.90 Å². The van der Waals surface area contributed by atoms with E-state index in [1.807, 2.05) is 12.1 Å². The van der Waals surface area contributed by atoms with E-state index >= 15 is 0 Å². The van der Waals surface area contributed by atoms with Crippen LogP contribution in [0, 0.1) is 0 Å². The molecule has 0 spiro atoms. The summed E-state index contributed by atoms with van der Waals surface area (Å²) in [7, 11) is 0. The number of carbonyl (C=O) groups excluding carboxylic acids is 1. The van der Waals surface area contributed by atoms with Gasteiger partial charge in [0.25, 0.3) is 0 Å². The van der Waals surface area contributed by atoms with Crippen molar-refractivity contribution in [2.45, 2.75) is 194 Å². The van der Waals surface area contributed by atoms with Crippen LogP contribution in [-0.2, 0) is 21.4 Å². The van der Waals surface area contributed by atoms with Gasteiger partial charge in [-0.2, -0.15) is 0 Å². The molecule has 1 N–H and O–H groups in total. The number of hydrogen-bond acceptors (Lipinski definition) is 3. The monoisotopic (exact) mass is 559 g/mol. The Morgan fingerprint density at radius 2 is 1.12 bits per heavy atom. The quantitative estimate of drug-likeness (QED) is 0.0958. The molecule has 3 heteroatoms. The van der Waals surface area contributed by atoms with E-state index in [1.165, 1.54) is 116 Å². The molecule has 1 unspecified atom stereocenters. The van der Waals surface area contributed by atoms with Crippen LogP contribution in [0.4, 0.5) is 0 Å². The number of benzene rings is 1. The molecule has 1 aromatic rings. The van der Waals surface area contributed by atoms with Crippen LogP contribution < -0.4 is 0 Å². The zero-order valence-corrected chi connectivity index (χ0v) is 27.3. The van der Waals surface area contributed by atoms with Crippen LogP contribution in [0.3, 0.4) is 0 Å². The average Bonchev–Trinajstić information content (AvgIpc) is 2.91. The van der Waals surface area contributed by atoms with Crippen LogP contribution in [-0.4, -0.2) is 17.2 Å². The molecule has 0 bridgehead atoms. The fourth-order valence-electron chi connectivity index (χ4n) is 5.63. The lowest BCUT2D eigenvalue weighted by atomic mass is 9.85. The van der Waals surface area contributed by atoms with Crippen LogP contribution in [0.2, 0.25) is 0 Å². The van der Waals surface area contributed by atoms with Crippen molar-refractivity contribution in [3.05, 3.63) is 29.3 Å². The van der Waals surface area contributed by atoms with Crippen molar-refractivity contribution in [2.75, 3.05) is 0 Å². The number of aromatic hydroxyl groups is 1. The van der Waals surface area contributed by atoms with Crippen molar-refractivity contribution < 1.29 is 14.6 Å². The van der Waals surface area contributed by atoms with Gasteiger partial charge in [-0.1, -0.05) is 156 Å². The Balaban J connectivity index is 2.42. The standard InChI is InChI=1S/C37H66O3/c1-6-8-10-12-14-16-17-18-20-22-24-26-33(25-23-21-19-15-13-11-9-7-2)40-36(39)30-28-32-27-29-35(38)34(31-32)37(3,4)5/h27,29,31,33,38H,6-26,28,30H2,1-5H3. The Morgan fingerprint density at radius 1 is 0.700 bits per heavy atom. The third-order valence-electron chi connectivity index (χ3n) is 8.29. The van der Waals surface area contributed by atoms with Gasteiger partial charge in [0.1, 0.15) is 11.9 Å².